The number of hydrogen-bond acceptors (Lipinski definition) is 6. The van der Waals surface area contributed by atoms with E-state index in [1.165, 1.54) is 5.57 Å². The lowest BCUT2D eigenvalue weighted by molar-refractivity contribution is -0.141. The summed E-state index contributed by atoms with van der Waals surface area (Å²) in [7, 11) is 0. The Kier molecular flexibility index (Phi) is 8.07. The van der Waals surface area contributed by atoms with Crippen LogP contribution in [-0.4, -0.2) is 52.7 Å². The van der Waals surface area contributed by atoms with Gasteiger partial charge in [-0.05, 0) is 42.2 Å². The Labute approximate surface area is 199 Å². The first-order valence-electron chi connectivity index (χ1n) is 11.3. The summed E-state index contributed by atoms with van der Waals surface area (Å²) in [5, 5.41) is 9.32. The van der Waals surface area contributed by atoms with Gasteiger partial charge in [0, 0.05) is 31.0 Å². The average Bonchev–Trinajstić information content (AvgIpc) is 3.12. The quantitative estimate of drug-likeness (QED) is 0.555. The Morgan fingerprint density at radius 1 is 1.30 bits per heavy atom. The van der Waals surface area contributed by atoms with E-state index in [9.17, 15) is 9.90 Å². The Bertz CT molecular complexity index is 1010. The number of ether oxygens (including phenoxy) is 2. The van der Waals surface area contributed by atoms with E-state index < -0.39 is 12.0 Å². The van der Waals surface area contributed by atoms with Crippen LogP contribution in [0.4, 0.5) is 0 Å². The van der Waals surface area contributed by atoms with Gasteiger partial charge in [0.05, 0.1) is 13.2 Å². The zero-order chi connectivity index (χ0) is 23.0. The molecule has 6 nitrogen and oxygen atoms in total. The van der Waals surface area contributed by atoms with E-state index in [2.05, 4.69) is 35.4 Å². The summed E-state index contributed by atoms with van der Waals surface area (Å²) < 4.78 is 11.9. The predicted molar refractivity (Wildman–Crippen MR) is 133 cm³/mol. The molecule has 0 spiro atoms. The van der Waals surface area contributed by atoms with Gasteiger partial charge in [-0.3, -0.25) is 14.7 Å². The van der Waals surface area contributed by atoms with Crippen molar-refractivity contribution in [3.8, 4) is 5.75 Å². The number of aliphatic imine (C=N–C) groups is 1. The van der Waals surface area contributed by atoms with Crippen molar-refractivity contribution in [1.29, 1.82) is 0 Å². The summed E-state index contributed by atoms with van der Waals surface area (Å²) in [5.41, 5.74) is 3.48. The second-order valence-electron chi connectivity index (χ2n) is 8.29. The zero-order valence-electron chi connectivity index (χ0n) is 18.9. The SMILES string of the molecule is CC1=C(CCOc2ccc(CN3CSC[C@H]3C(=O)O)cc2)CN=C(CC2=CCC=CC=C2)O1. The van der Waals surface area contributed by atoms with Gasteiger partial charge in [-0.25, -0.2) is 0 Å². The summed E-state index contributed by atoms with van der Waals surface area (Å²) in [5.74, 6) is 3.15. The molecule has 2 heterocycles. The van der Waals surface area contributed by atoms with Gasteiger partial charge in [0.15, 0.2) is 5.90 Å². The van der Waals surface area contributed by atoms with E-state index in [1.54, 1.807) is 11.8 Å². The fourth-order valence-corrected chi connectivity index (χ4v) is 5.12. The van der Waals surface area contributed by atoms with E-state index >= 15 is 0 Å². The molecule has 2 aliphatic heterocycles. The molecule has 7 heteroatoms. The van der Waals surface area contributed by atoms with Crippen molar-refractivity contribution in [2.45, 2.75) is 38.8 Å². The lowest BCUT2D eigenvalue weighted by atomic mass is 10.1. The molecular weight excluding hydrogens is 436 g/mol. The molecule has 1 aliphatic carbocycles. The number of nitrogens with zero attached hydrogens (tertiary/aromatic N) is 2. The van der Waals surface area contributed by atoms with E-state index in [-0.39, 0.29) is 0 Å². The summed E-state index contributed by atoms with van der Waals surface area (Å²) in [4.78, 5) is 18.0. The molecule has 0 radical (unpaired) electrons. The highest BCUT2D eigenvalue weighted by molar-refractivity contribution is 7.99. The molecule has 0 aromatic heterocycles. The molecule has 1 aromatic carbocycles. The first kappa shape index (κ1) is 23.4. The Morgan fingerprint density at radius 3 is 2.94 bits per heavy atom. The van der Waals surface area contributed by atoms with Crippen molar-refractivity contribution in [2.24, 2.45) is 4.99 Å². The molecule has 174 valence electrons. The maximum absolute atomic E-state index is 11.3. The molecule has 3 aliphatic rings. The average molecular weight is 467 g/mol. The van der Waals surface area contributed by atoms with Crippen molar-refractivity contribution in [3.63, 3.8) is 0 Å². The van der Waals surface area contributed by atoms with Gasteiger partial charge >= 0.3 is 5.97 Å². The third-order valence-electron chi connectivity index (χ3n) is 5.88. The van der Waals surface area contributed by atoms with Crippen LogP contribution in [0.15, 0.2) is 76.5 Å². The number of thioether (sulfide) groups is 1. The summed E-state index contributed by atoms with van der Waals surface area (Å²) >= 11 is 1.66. The minimum atomic E-state index is -0.747. The van der Waals surface area contributed by atoms with Gasteiger partial charge in [-0.2, -0.15) is 0 Å². The van der Waals surface area contributed by atoms with Crippen molar-refractivity contribution >= 4 is 23.6 Å². The highest BCUT2D eigenvalue weighted by Gasteiger charge is 2.30. The van der Waals surface area contributed by atoms with Crippen molar-refractivity contribution < 1.29 is 19.4 Å². The standard InChI is InChI=1S/C26H30N2O4S/c1-19-22(15-27-25(32-19)14-20-6-4-2-3-5-7-20)12-13-31-23-10-8-21(9-11-23)16-28-18-33-17-24(28)26(29)30/h2-4,6-11,24H,5,12-18H2,1H3,(H,29,30)/t24-/m0/s1. The molecule has 0 amide bonds. The highest BCUT2D eigenvalue weighted by atomic mass is 32.2. The molecule has 1 N–H and O–H groups in total. The topological polar surface area (TPSA) is 71.4 Å². The number of benzene rings is 1. The number of carboxylic acids is 1. The summed E-state index contributed by atoms with van der Waals surface area (Å²) in [6, 6.07) is 7.51. The molecule has 1 saturated heterocycles. The molecular formula is C26H30N2O4S. The molecule has 4 rings (SSSR count). The van der Waals surface area contributed by atoms with Gasteiger partial charge in [0.2, 0.25) is 0 Å². The van der Waals surface area contributed by atoms with Gasteiger partial charge in [-0.15, -0.1) is 11.8 Å². The maximum atomic E-state index is 11.3. The largest absolute Gasteiger partial charge is 0.493 e. The first-order valence-corrected chi connectivity index (χ1v) is 12.4. The molecule has 0 saturated carbocycles. The normalized spacial score (nSPS) is 20.8. The van der Waals surface area contributed by atoms with Crippen LogP contribution in [0.25, 0.3) is 0 Å². The third-order valence-corrected chi connectivity index (χ3v) is 6.95. The minimum Gasteiger partial charge on any atom is -0.493 e. The van der Waals surface area contributed by atoms with Crippen LogP contribution in [-0.2, 0) is 16.1 Å². The van der Waals surface area contributed by atoms with Crippen molar-refractivity contribution in [3.05, 3.63) is 77.1 Å². The van der Waals surface area contributed by atoms with Crippen molar-refractivity contribution in [1.82, 2.24) is 4.90 Å². The number of carboxylic acid groups (broad SMARTS) is 1. The lowest BCUT2D eigenvalue weighted by Gasteiger charge is -2.20. The maximum Gasteiger partial charge on any atom is 0.321 e. The Balaban J connectivity index is 1.22. The lowest BCUT2D eigenvalue weighted by Crippen LogP contribution is -2.37. The molecule has 1 atom stereocenters. The zero-order valence-corrected chi connectivity index (χ0v) is 19.7. The van der Waals surface area contributed by atoms with Crippen LogP contribution < -0.4 is 4.74 Å². The van der Waals surface area contributed by atoms with Crippen LogP contribution in [0.5, 0.6) is 5.75 Å². The smallest absolute Gasteiger partial charge is 0.321 e. The number of allylic oxidation sites excluding steroid dienone is 6. The molecule has 1 aromatic rings. The van der Waals surface area contributed by atoms with Crippen LogP contribution in [0.3, 0.4) is 0 Å². The van der Waals surface area contributed by atoms with E-state index in [0.717, 1.165) is 53.7 Å². The van der Waals surface area contributed by atoms with E-state index in [1.807, 2.05) is 36.1 Å². The van der Waals surface area contributed by atoms with Crippen LogP contribution in [0.2, 0.25) is 0 Å². The number of hydrogen-bond donors (Lipinski definition) is 1. The van der Waals surface area contributed by atoms with Crippen molar-refractivity contribution in [2.75, 3.05) is 24.8 Å². The number of rotatable bonds is 9. The first-order chi connectivity index (χ1) is 16.1. The summed E-state index contributed by atoms with van der Waals surface area (Å²) in [6.07, 6.45) is 13.0. The van der Waals surface area contributed by atoms with Gasteiger partial charge in [-0.1, -0.05) is 42.5 Å². The second-order valence-corrected chi connectivity index (χ2v) is 9.29. The minimum absolute atomic E-state index is 0.402. The third kappa shape index (κ3) is 6.62. The predicted octanol–water partition coefficient (Wildman–Crippen LogP) is 4.95. The summed E-state index contributed by atoms with van der Waals surface area (Å²) in [6.45, 7) is 3.84. The fraction of sp³-hybridized carbons (Fsp3) is 0.385. The highest BCUT2D eigenvalue weighted by Crippen LogP contribution is 2.25. The second kappa shape index (κ2) is 11.4. The number of carbonyl (C=O) groups is 1. The molecule has 1 fully saturated rings. The van der Waals surface area contributed by atoms with Gasteiger partial charge in [0.1, 0.15) is 17.6 Å². The fourth-order valence-electron chi connectivity index (χ4n) is 3.93. The molecule has 33 heavy (non-hydrogen) atoms. The van der Waals surface area contributed by atoms with Gasteiger partial charge < -0.3 is 14.6 Å². The monoisotopic (exact) mass is 466 g/mol. The van der Waals surface area contributed by atoms with E-state index in [0.29, 0.717) is 25.4 Å². The van der Waals surface area contributed by atoms with Crippen LogP contribution in [0, 0.1) is 0 Å². The van der Waals surface area contributed by atoms with Crippen LogP contribution >= 0.6 is 11.8 Å². The Morgan fingerprint density at radius 2 is 2.15 bits per heavy atom. The van der Waals surface area contributed by atoms with E-state index in [4.69, 9.17) is 9.47 Å². The van der Waals surface area contributed by atoms with Gasteiger partial charge in [0.25, 0.3) is 0 Å². The Hall–Kier alpha value is -2.77. The molecule has 0 bridgehead atoms. The van der Waals surface area contributed by atoms with Crippen LogP contribution in [0.1, 0.15) is 31.7 Å². The molecule has 0 unspecified atom stereocenters. The number of aliphatic carboxylic acids is 1.